The van der Waals surface area contributed by atoms with Crippen LogP contribution in [0.3, 0.4) is 0 Å². The number of hydrogen-bond donors (Lipinski definition) is 1. The molecule has 0 radical (unpaired) electrons. The Morgan fingerprint density at radius 3 is 2.67 bits per heavy atom. The molecule has 0 amide bonds. The Bertz CT molecular complexity index is 704. The van der Waals surface area contributed by atoms with Gasteiger partial charge in [0.25, 0.3) is 0 Å². The molecular weight excluding hydrogens is 287 g/mol. The molecule has 0 atom stereocenters. The van der Waals surface area contributed by atoms with Gasteiger partial charge in [0.15, 0.2) is 0 Å². The third-order valence-corrected chi connectivity index (χ3v) is 4.16. The first-order valence-electron chi connectivity index (χ1n) is 6.64. The number of rotatable bonds is 5. The molecule has 0 aliphatic heterocycles. The Labute approximate surface area is 126 Å². The van der Waals surface area contributed by atoms with Crippen LogP contribution in [0.2, 0.25) is 0 Å². The second-order valence-electron chi connectivity index (χ2n) is 4.73. The first kappa shape index (κ1) is 13.9. The molecule has 1 aromatic carbocycles. The van der Waals surface area contributed by atoms with Crippen LogP contribution in [0.1, 0.15) is 21.8 Å². The molecule has 2 aromatic heterocycles. The Hall–Kier alpha value is -2.05. The molecule has 0 fully saturated rings. The minimum Gasteiger partial charge on any atom is -0.325 e. The summed E-state index contributed by atoms with van der Waals surface area (Å²) in [4.78, 5) is 1.24. The zero-order valence-corrected chi connectivity index (χ0v) is 12.2. The summed E-state index contributed by atoms with van der Waals surface area (Å²) < 4.78 is 14.8. The van der Waals surface area contributed by atoms with Gasteiger partial charge in [-0.15, -0.1) is 16.4 Å². The maximum atomic E-state index is 13.0. The van der Waals surface area contributed by atoms with Crippen molar-refractivity contribution in [3.05, 3.63) is 69.4 Å². The van der Waals surface area contributed by atoms with Crippen molar-refractivity contribution in [2.24, 2.45) is 5.73 Å². The molecule has 2 heterocycles. The molecular formula is C15H15FN4S. The van der Waals surface area contributed by atoms with Gasteiger partial charge in [-0.3, -0.25) is 0 Å². The summed E-state index contributed by atoms with van der Waals surface area (Å²) in [5.74, 6) is -0.237. The highest BCUT2D eigenvalue weighted by atomic mass is 32.1. The molecule has 4 nitrogen and oxygen atoms in total. The Kier molecular flexibility index (Phi) is 4.08. The lowest BCUT2D eigenvalue weighted by Gasteiger charge is -2.07. The molecule has 3 aromatic rings. The molecule has 0 spiro atoms. The highest BCUT2D eigenvalue weighted by molar-refractivity contribution is 7.09. The first-order valence-corrected chi connectivity index (χ1v) is 7.52. The minimum absolute atomic E-state index is 0.237. The largest absolute Gasteiger partial charge is 0.325 e. The van der Waals surface area contributed by atoms with Crippen molar-refractivity contribution >= 4 is 11.3 Å². The molecule has 0 saturated carbocycles. The fourth-order valence-corrected chi connectivity index (χ4v) is 2.90. The average molecular weight is 302 g/mol. The number of nitrogens with zero attached hydrogens (tertiary/aromatic N) is 3. The van der Waals surface area contributed by atoms with Crippen LogP contribution in [0.4, 0.5) is 4.39 Å². The van der Waals surface area contributed by atoms with E-state index in [0.717, 1.165) is 23.4 Å². The van der Waals surface area contributed by atoms with Crippen LogP contribution in [0.25, 0.3) is 0 Å². The van der Waals surface area contributed by atoms with E-state index >= 15 is 0 Å². The molecule has 0 aliphatic carbocycles. The lowest BCUT2D eigenvalue weighted by Crippen LogP contribution is -2.09. The summed E-state index contributed by atoms with van der Waals surface area (Å²) in [6, 6.07) is 10.5. The van der Waals surface area contributed by atoms with Crippen LogP contribution in [0, 0.1) is 5.82 Å². The van der Waals surface area contributed by atoms with Crippen LogP contribution >= 0.6 is 11.3 Å². The van der Waals surface area contributed by atoms with E-state index in [0.29, 0.717) is 13.1 Å². The van der Waals surface area contributed by atoms with E-state index < -0.39 is 0 Å². The van der Waals surface area contributed by atoms with Gasteiger partial charge in [-0.25, -0.2) is 9.07 Å². The molecule has 0 aliphatic rings. The van der Waals surface area contributed by atoms with E-state index in [1.54, 1.807) is 23.5 Å². The number of aromatic nitrogens is 3. The van der Waals surface area contributed by atoms with E-state index in [4.69, 9.17) is 5.73 Å². The van der Waals surface area contributed by atoms with Gasteiger partial charge < -0.3 is 5.73 Å². The fourth-order valence-electron chi connectivity index (χ4n) is 2.19. The minimum atomic E-state index is -0.237. The van der Waals surface area contributed by atoms with E-state index in [2.05, 4.69) is 16.4 Å². The van der Waals surface area contributed by atoms with Crippen LogP contribution in [-0.2, 0) is 19.5 Å². The summed E-state index contributed by atoms with van der Waals surface area (Å²) >= 11 is 1.70. The van der Waals surface area contributed by atoms with Gasteiger partial charge in [0.05, 0.1) is 17.9 Å². The summed E-state index contributed by atoms with van der Waals surface area (Å²) in [5, 5.41) is 10.4. The van der Waals surface area contributed by atoms with Crippen LogP contribution in [0.5, 0.6) is 0 Å². The highest BCUT2D eigenvalue weighted by Crippen LogP contribution is 2.17. The summed E-state index contributed by atoms with van der Waals surface area (Å²) in [6.07, 6.45) is 0.762. The zero-order chi connectivity index (χ0) is 14.7. The van der Waals surface area contributed by atoms with Crippen molar-refractivity contribution in [2.75, 3.05) is 0 Å². The molecule has 0 bridgehead atoms. The zero-order valence-electron chi connectivity index (χ0n) is 11.4. The molecule has 6 heteroatoms. The van der Waals surface area contributed by atoms with E-state index in [1.807, 2.05) is 16.1 Å². The van der Waals surface area contributed by atoms with Gasteiger partial charge in [-0.05, 0) is 29.1 Å². The molecule has 3 rings (SSSR count). The van der Waals surface area contributed by atoms with Gasteiger partial charge in [0.2, 0.25) is 0 Å². The van der Waals surface area contributed by atoms with Gasteiger partial charge in [-0.1, -0.05) is 23.4 Å². The van der Waals surface area contributed by atoms with Crippen molar-refractivity contribution in [1.29, 1.82) is 0 Å². The van der Waals surface area contributed by atoms with Crippen molar-refractivity contribution in [3.8, 4) is 0 Å². The summed E-state index contributed by atoms with van der Waals surface area (Å²) in [7, 11) is 0. The van der Waals surface area contributed by atoms with Gasteiger partial charge >= 0.3 is 0 Å². The molecule has 108 valence electrons. The average Bonchev–Trinajstić information content (AvgIpc) is 3.13. The predicted molar refractivity (Wildman–Crippen MR) is 80.5 cm³/mol. The summed E-state index contributed by atoms with van der Waals surface area (Å²) in [6.45, 7) is 0.929. The number of thiophene rings is 1. The van der Waals surface area contributed by atoms with Crippen molar-refractivity contribution in [2.45, 2.75) is 19.5 Å². The van der Waals surface area contributed by atoms with Gasteiger partial charge in [0, 0.05) is 17.8 Å². The Balaban J connectivity index is 1.87. The number of nitrogens with two attached hydrogens (primary N) is 1. The second-order valence-corrected chi connectivity index (χ2v) is 5.76. The normalized spacial score (nSPS) is 11.0. The molecule has 2 N–H and O–H groups in total. The third kappa shape index (κ3) is 3.17. The van der Waals surface area contributed by atoms with Crippen LogP contribution in [0.15, 0.2) is 41.8 Å². The van der Waals surface area contributed by atoms with Crippen LogP contribution < -0.4 is 5.73 Å². The van der Waals surface area contributed by atoms with Gasteiger partial charge in [-0.2, -0.15) is 0 Å². The Morgan fingerprint density at radius 1 is 1.19 bits per heavy atom. The second kappa shape index (κ2) is 6.15. The predicted octanol–water partition coefficient (Wildman–Crippen LogP) is 2.58. The lowest BCUT2D eigenvalue weighted by atomic mass is 10.2. The molecule has 0 unspecified atom stereocenters. The Morgan fingerprint density at radius 2 is 2.00 bits per heavy atom. The van der Waals surface area contributed by atoms with Crippen molar-refractivity contribution in [3.63, 3.8) is 0 Å². The standard InChI is InChI=1S/C15H15FN4S/c16-12-5-3-11(4-6-12)10-20-15(14(9-17)18-19-20)8-13-2-1-7-21-13/h1-7H,8-10,17H2. The van der Waals surface area contributed by atoms with E-state index in [-0.39, 0.29) is 5.82 Å². The maximum absolute atomic E-state index is 13.0. The quantitative estimate of drug-likeness (QED) is 0.788. The molecule has 0 saturated heterocycles. The van der Waals surface area contributed by atoms with Gasteiger partial charge in [0.1, 0.15) is 5.82 Å². The SMILES string of the molecule is NCc1nnn(Cc2ccc(F)cc2)c1Cc1cccs1. The van der Waals surface area contributed by atoms with E-state index in [1.165, 1.54) is 17.0 Å². The maximum Gasteiger partial charge on any atom is 0.123 e. The number of halogens is 1. The smallest absolute Gasteiger partial charge is 0.123 e. The topological polar surface area (TPSA) is 56.7 Å². The monoisotopic (exact) mass is 302 g/mol. The number of hydrogen-bond acceptors (Lipinski definition) is 4. The van der Waals surface area contributed by atoms with Crippen molar-refractivity contribution in [1.82, 2.24) is 15.0 Å². The third-order valence-electron chi connectivity index (χ3n) is 3.28. The fraction of sp³-hybridized carbons (Fsp3) is 0.200. The number of benzene rings is 1. The first-order chi connectivity index (χ1) is 10.3. The molecule has 21 heavy (non-hydrogen) atoms. The van der Waals surface area contributed by atoms with Crippen LogP contribution in [-0.4, -0.2) is 15.0 Å². The lowest BCUT2D eigenvalue weighted by molar-refractivity contribution is 0.614. The van der Waals surface area contributed by atoms with E-state index in [9.17, 15) is 4.39 Å². The highest BCUT2D eigenvalue weighted by Gasteiger charge is 2.13. The van der Waals surface area contributed by atoms with Crippen molar-refractivity contribution < 1.29 is 4.39 Å². The summed E-state index contributed by atoms with van der Waals surface area (Å²) in [5.41, 5.74) is 8.56.